The van der Waals surface area contributed by atoms with Crippen LogP contribution in [-0.4, -0.2) is 29.8 Å². The quantitative estimate of drug-likeness (QED) is 0.471. The van der Waals surface area contributed by atoms with E-state index < -0.39 is 11.6 Å². The van der Waals surface area contributed by atoms with Crippen molar-refractivity contribution in [3.63, 3.8) is 0 Å². The summed E-state index contributed by atoms with van der Waals surface area (Å²) >= 11 is 0. The minimum absolute atomic E-state index is 0.150. The van der Waals surface area contributed by atoms with Crippen LogP contribution < -0.4 is 15.8 Å². The second kappa shape index (κ2) is 10.1. The molecule has 7 heteroatoms. The Morgan fingerprint density at radius 3 is 2.57 bits per heavy atom. The van der Waals surface area contributed by atoms with Gasteiger partial charge in [0.2, 0.25) is 11.6 Å². The molecular formula is C30H44N2O5. The van der Waals surface area contributed by atoms with Crippen molar-refractivity contribution >= 4 is 6.09 Å². The monoisotopic (exact) mass is 512 g/mol. The van der Waals surface area contributed by atoms with Gasteiger partial charge in [0.15, 0.2) is 0 Å². The van der Waals surface area contributed by atoms with Crippen molar-refractivity contribution in [3.05, 3.63) is 29.8 Å². The smallest absolute Gasteiger partial charge is 0.410 e. The molecule has 1 aromatic rings. The molecule has 2 spiro atoms. The third-order valence-electron chi connectivity index (χ3n) is 9.98. The van der Waals surface area contributed by atoms with E-state index >= 15 is 0 Å². The maximum atomic E-state index is 12.4. The molecule has 4 unspecified atom stereocenters. The Balaban J connectivity index is 1.08. The van der Waals surface area contributed by atoms with Crippen LogP contribution in [0.1, 0.15) is 102 Å². The van der Waals surface area contributed by atoms with Crippen LogP contribution >= 0.6 is 0 Å². The topological polar surface area (TPSA) is 92.0 Å². The molecule has 4 aliphatic carbocycles. The predicted octanol–water partition coefficient (Wildman–Crippen LogP) is 6.17. The minimum Gasteiger partial charge on any atom is -0.410 e. The molecule has 1 heterocycles. The van der Waals surface area contributed by atoms with E-state index in [1.807, 2.05) is 12.1 Å². The average molecular weight is 513 g/mol. The highest BCUT2D eigenvalue weighted by molar-refractivity contribution is 5.70. The number of carbonyl (C=O) groups is 1. The minimum atomic E-state index is -0.664. The second-order valence-electron chi connectivity index (χ2n) is 12.9. The molecule has 2 bridgehead atoms. The summed E-state index contributed by atoms with van der Waals surface area (Å²) in [4.78, 5) is 24.8. The summed E-state index contributed by atoms with van der Waals surface area (Å²) < 4.78 is 12.5. The number of rotatable bonds is 3. The van der Waals surface area contributed by atoms with Gasteiger partial charge in [-0.15, -0.1) is 0 Å². The zero-order chi connectivity index (χ0) is 25.6. The highest BCUT2D eigenvalue weighted by Gasteiger charge is 2.63. The SMILES string of the molecule is CC1CC2CC(C)[C@]3(OO[C@@]4(CCC[C@@H](c5ccc(OC(=O)NC6CCC(N)CC6)cc5)C4)O3)C(C1)C2. The Labute approximate surface area is 221 Å². The molecule has 0 aromatic heterocycles. The molecule has 1 aliphatic heterocycles. The number of nitrogens with one attached hydrogen (secondary N) is 1. The first kappa shape index (κ1) is 25.6. The van der Waals surface area contributed by atoms with Gasteiger partial charge in [-0.25, -0.2) is 4.79 Å². The molecule has 7 atom stereocenters. The zero-order valence-electron chi connectivity index (χ0n) is 22.5. The number of nitrogens with two attached hydrogens (primary N) is 1. The zero-order valence-corrected chi connectivity index (χ0v) is 22.5. The lowest BCUT2D eigenvalue weighted by molar-refractivity contribution is -0.380. The molecule has 1 amide bonds. The van der Waals surface area contributed by atoms with E-state index in [0.29, 0.717) is 23.5 Å². The van der Waals surface area contributed by atoms with Crippen LogP contribution in [0.25, 0.3) is 0 Å². The third-order valence-corrected chi connectivity index (χ3v) is 9.98. The van der Waals surface area contributed by atoms with Gasteiger partial charge in [0.1, 0.15) is 5.75 Å². The van der Waals surface area contributed by atoms with E-state index in [1.165, 1.54) is 18.4 Å². The second-order valence-corrected chi connectivity index (χ2v) is 12.9. The molecule has 4 saturated carbocycles. The van der Waals surface area contributed by atoms with Gasteiger partial charge >= 0.3 is 6.09 Å². The fourth-order valence-electron chi connectivity index (χ4n) is 8.16. The Morgan fingerprint density at radius 1 is 1.00 bits per heavy atom. The van der Waals surface area contributed by atoms with Crippen molar-refractivity contribution in [1.82, 2.24) is 5.32 Å². The van der Waals surface area contributed by atoms with Crippen molar-refractivity contribution in [1.29, 1.82) is 0 Å². The lowest BCUT2D eigenvalue weighted by Gasteiger charge is -2.50. The first-order chi connectivity index (χ1) is 17.8. The van der Waals surface area contributed by atoms with Gasteiger partial charge in [-0.2, -0.15) is 9.78 Å². The van der Waals surface area contributed by atoms with Crippen molar-refractivity contribution in [2.45, 2.75) is 120 Å². The normalized spacial score (nSPS) is 43.6. The Hall–Kier alpha value is -1.67. The lowest BCUT2D eigenvalue weighted by atomic mass is 9.62. The van der Waals surface area contributed by atoms with Gasteiger partial charge < -0.3 is 20.5 Å². The molecule has 7 nitrogen and oxygen atoms in total. The van der Waals surface area contributed by atoms with Crippen LogP contribution in [-0.2, 0) is 14.5 Å². The van der Waals surface area contributed by atoms with Gasteiger partial charge in [-0.1, -0.05) is 26.0 Å². The fraction of sp³-hybridized carbons (Fsp3) is 0.767. The largest absolute Gasteiger partial charge is 0.412 e. The highest BCUT2D eigenvalue weighted by atomic mass is 17.3. The maximum Gasteiger partial charge on any atom is 0.412 e. The predicted molar refractivity (Wildman–Crippen MR) is 140 cm³/mol. The molecule has 3 N–H and O–H groups in total. The number of hydrogen-bond acceptors (Lipinski definition) is 6. The average Bonchev–Trinajstić information content (AvgIpc) is 3.24. The third kappa shape index (κ3) is 5.17. The van der Waals surface area contributed by atoms with Crippen LogP contribution in [0, 0.1) is 23.7 Å². The molecule has 1 saturated heterocycles. The number of fused-ring (bicyclic) bond motifs is 3. The number of ether oxygens (including phenoxy) is 2. The van der Waals surface area contributed by atoms with Crippen LogP contribution in [0.15, 0.2) is 24.3 Å². The summed E-state index contributed by atoms with van der Waals surface area (Å²) in [5.41, 5.74) is 7.19. The van der Waals surface area contributed by atoms with Gasteiger partial charge in [-0.05, 0) is 99.7 Å². The van der Waals surface area contributed by atoms with Crippen LogP contribution in [0.4, 0.5) is 4.79 Å². The summed E-state index contributed by atoms with van der Waals surface area (Å²) in [5.74, 6) is 1.89. The molecule has 5 aliphatic rings. The molecule has 1 aromatic carbocycles. The number of benzene rings is 1. The van der Waals surface area contributed by atoms with Crippen molar-refractivity contribution < 1.29 is 24.0 Å². The molecule has 0 radical (unpaired) electrons. The van der Waals surface area contributed by atoms with Crippen molar-refractivity contribution in [2.24, 2.45) is 29.4 Å². The summed E-state index contributed by atoms with van der Waals surface area (Å²) in [6.07, 6.45) is 12.0. The Bertz CT molecular complexity index is 959. The number of carbonyl (C=O) groups excluding carboxylic acids is 1. The van der Waals surface area contributed by atoms with Crippen LogP contribution in [0.5, 0.6) is 5.75 Å². The Kier molecular flexibility index (Phi) is 7.02. The maximum absolute atomic E-state index is 12.4. The van der Waals surface area contributed by atoms with Crippen LogP contribution in [0.3, 0.4) is 0 Å². The summed E-state index contributed by atoms with van der Waals surface area (Å²) in [5, 5.41) is 2.98. The van der Waals surface area contributed by atoms with Crippen molar-refractivity contribution in [3.8, 4) is 5.75 Å². The summed E-state index contributed by atoms with van der Waals surface area (Å²) in [6.45, 7) is 4.66. The first-order valence-electron chi connectivity index (χ1n) is 14.7. The van der Waals surface area contributed by atoms with E-state index in [4.69, 9.17) is 25.0 Å². The molecule has 5 fully saturated rings. The van der Waals surface area contributed by atoms with Gasteiger partial charge in [-0.3, -0.25) is 0 Å². The Morgan fingerprint density at radius 2 is 1.78 bits per heavy atom. The van der Waals surface area contributed by atoms with E-state index in [9.17, 15) is 4.79 Å². The van der Waals surface area contributed by atoms with E-state index in [1.54, 1.807) is 0 Å². The molecule has 204 valence electrons. The summed E-state index contributed by atoms with van der Waals surface area (Å²) in [7, 11) is 0. The number of amides is 1. The summed E-state index contributed by atoms with van der Waals surface area (Å²) in [6, 6.07) is 8.35. The molecular weight excluding hydrogens is 468 g/mol. The highest BCUT2D eigenvalue weighted by Crippen LogP contribution is 2.59. The fourth-order valence-corrected chi connectivity index (χ4v) is 8.16. The van der Waals surface area contributed by atoms with Crippen molar-refractivity contribution in [2.75, 3.05) is 0 Å². The van der Waals surface area contributed by atoms with Gasteiger partial charge in [0.25, 0.3) is 0 Å². The standard InChI is InChI=1S/C30H44N2O5/c1-19-14-21-16-20(2)30(24(15-19)17-21)35-29(36-37-30)13-3-4-23(18-29)22-5-11-27(12-6-22)34-28(33)32-26-9-7-25(31)8-10-26/h5-6,11-12,19-21,23-26H,3-4,7-10,13-18,31H2,1-2H3,(H,32,33)/t19?,20?,21?,23-,24?,25?,26?,29-,30+/m1/s1. The molecule has 6 rings (SSSR count). The van der Waals surface area contributed by atoms with Gasteiger partial charge in [0, 0.05) is 36.8 Å². The molecule has 37 heavy (non-hydrogen) atoms. The first-order valence-corrected chi connectivity index (χ1v) is 14.7. The lowest BCUT2D eigenvalue weighted by Crippen LogP contribution is -2.54. The van der Waals surface area contributed by atoms with Gasteiger partial charge in [0.05, 0.1) is 0 Å². The van der Waals surface area contributed by atoms with E-state index in [-0.39, 0.29) is 18.2 Å². The van der Waals surface area contributed by atoms with Crippen LogP contribution in [0.2, 0.25) is 0 Å². The van der Waals surface area contributed by atoms with E-state index in [0.717, 1.165) is 76.0 Å². The van der Waals surface area contributed by atoms with E-state index in [2.05, 4.69) is 31.3 Å². The number of hydrogen-bond donors (Lipinski definition) is 2.